The normalized spacial score (nSPS) is 21.5. The predicted octanol–water partition coefficient (Wildman–Crippen LogP) is 2.94. The van der Waals surface area contributed by atoms with Gasteiger partial charge in [0.25, 0.3) is 0 Å². The first-order valence-corrected chi connectivity index (χ1v) is 5.15. The fourth-order valence-electron chi connectivity index (χ4n) is 2.04. The van der Waals surface area contributed by atoms with E-state index < -0.39 is 12.0 Å². The van der Waals surface area contributed by atoms with Crippen molar-refractivity contribution in [1.29, 1.82) is 0 Å². The van der Waals surface area contributed by atoms with Gasteiger partial charge in [0, 0.05) is 5.69 Å². The largest absolute Gasteiger partial charge is 0.449 e. The Morgan fingerprint density at radius 3 is 2.80 bits per heavy atom. The minimum absolute atomic E-state index is 0.499. The van der Waals surface area contributed by atoms with Crippen molar-refractivity contribution in [3.63, 3.8) is 0 Å². The second-order valence-electron chi connectivity index (χ2n) is 4.03. The van der Waals surface area contributed by atoms with E-state index in [1.165, 1.54) is 0 Å². The fraction of sp³-hybridized carbons (Fsp3) is 0.700. The van der Waals surface area contributed by atoms with Crippen LogP contribution >= 0.6 is 0 Å². The quantitative estimate of drug-likeness (QED) is 0.771. The Hall–Kier alpha value is -1.00. The third-order valence-corrected chi connectivity index (χ3v) is 2.99. The van der Waals surface area contributed by atoms with Crippen LogP contribution in [0.5, 0.6) is 0 Å². The smallest absolute Gasteiger partial charge is 0.338 e. The maximum atomic E-state index is 12.4. The van der Waals surface area contributed by atoms with Crippen molar-refractivity contribution in [1.82, 2.24) is 9.97 Å². The van der Waals surface area contributed by atoms with Crippen molar-refractivity contribution in [3.8, 4) is 0 Å². The number of aromatic amines is 1. The topological polar surface area (TPSA) is 28.7 Å². The van der Waals surface area contributed by atoms with Gasteiger partial charge in [-0.3, -0.25) is 0 Å². The van der Waals surface area contributed by atoms with Crippen molar-refractivity contribution >= 4 is 0 Å². The number of alkyl halides is 3. The molecule has 1 aliphatic rings. The molecule has 2 rings (SSSR count). The first-order valence-electron chi connectivity index (χ1n) is 5.15. The summed E-state index contributed by atoms with van der Waals surface area (Å²) >= 11 is 0. The maximum Gasteiger partial charge on any atom is 0.449 e. The number of hydrogen-bond donors (Lipinski definition) is 1. The fourth-order valence-corrected chi connectivity index (χ4v) is 2.04. The van der Waals surface area contributed by atoms with E-state index in [9.17, 15) is 13.2 Å². The average molecular weight is 218 g/mol. The predicted molar refractivity (Wildman–Crippen MR) is 49.4 cm³/mol. The minimum atomic E-state index is -4.35. The number of hydrogen-bond acceptors (Lipinski definition) is 1. The molecule has 1 atom stereocenters. The molecule has 0 spiro atoms. The van der Waals surface area contributed by atoms with Crippen LogP contribution in [0.15, 0.2) is 0 Å². The van der Waals surface area contributed by atoms with Crippen LogP contribution in [0.2, 0.25) is 0 Å². The zero-order chi connectivity index (χ0) is 11.1. The summed E-state index contributed by atoms with van der Waals surface area (Å²) < 4.78 is 37.1. The molecule has 5 heteroatoms. The van der Waals surface area contributed by atoms with E-state index >= 15 is 0 Å². The van der Waals surface area contributed by atoms with Gasteiger partial charge in [-0.1, -0.05) is 13.3 Å². The Kier molecular flexibility index (Phi) is 2.48. The van der Waals surface area contributed by atoms with Crippen LogP contribution in [0.25, 0.3) is 0 Å². The molecule has 0 saturated carbocycles. The van der Waals surface area contributed by atoms with Gasteiger partial charge in [0.05, 0.1) is 5.69 Å². The van der Waals surface area contributed by atoms with Gasteiger partial charge >= 0.3 is 6.18 Å². The Bertz CT molecular complexity index is 354. The molecule has 0 saturated heterocycles. The molecule has 1 heterocycles. The number of rotatable bonds is 1. The summed E-state index contributed by atoms with van der Waals surface area (Å²) in [5.41, 5.74) is 1.28. The first kappa shape index (κ1) is 10.5. The summed E-state index contributed by atoms with van der Waals surface area (Å²) in [5.74, 6) is -0.344. The minimum Gasteiger partial charge on any atom is -0.338 e. The van der Waals surface area contributed by atoms with E-state index in [1.54, 1.807) is 0 Å². The van der Waals surface area contributed by atoms with Gasteiger partial charge < -0.3 is 4.98 Å². The van der Waals surface area contributed by atoms with Crippen LogP contribution in [-0.4, -0.2) is 9.97 Å². The highest BCUT2D eigenvalue weighted by Crippen LogP contribution is 2.31. The molecular weight excluding hydrogens is 205 g/mol. The van der Waals surface area contributed by atoms with Crippen molar-refractivity contribution in [2.24, 2.45) is 5.92 Å². The van der Waals surface area contributed by atoms with Crippen molar-refractivity contribution in [2.75, 3.05) is 0 Å². The molecule has 0 radical (unpaired) electrons. The molecule has 15 heavy (non-hydrogen) atoms. The average Bonchev–Trinajstić information content (AvgIpc) is 2.59. The van der Waals surface area contributed by atoms with Gasteiger partial charge in [0.15, 0.2) is 0 Å². The molecule has 0 amide bonds. The van der Waals surface area contributed by atoms with E-state index in [2.05, 4.69) is 16.9 Å². The van der Waals surface area contributed by atoms with E-state index in [0.29, 0.717) is 30.1 Å². The van der Waals surface area contributed by atoms with Crippen LogP contribution in [-0.2, 0) is 19.0 Å². The van der Waals surface area contributed by atoms with Gasteiger partial charge in [0.2, 0.25) is 5.82 Å². The van der Waals surface area contributed by atoms with Crippen LogP contribution in [0.1, 0.15) is 37.0 Å². The summed E-state index contributed by atoms with van der Waals surface area (Å²) in [5, 5.41) is 0. The lowest BCUT2D eigenvalue weighted by molar-refractivity contribution is -0.144. The molecule has 0 fully saturated rings. The monoisotopic (exact) mass is 218 g/mol. The molecule has 0 aliphatic heterocycles. The number of H-pyrrole nitrogens is 1. The van der Waals surface area contributed by atoms with Gasteiger partial charge in [-0.05, 0) is 25.2 Å². The molecular formula is C10H13F3N2. The molecule has 1 aromatic heterocycles. The number of halogens is 3. The second-order valence-corrected chi connectivity index (χ2v) is 4.03. The van der Waals surface area contributed by atoms with E-state index in [1.807, 2.05) is 0 Å². The molecule has 1 unspecified atom stereocenters. The van der Waals surface area contributed by atoms with Gasteiger partial charge in [0.1, 0.15) is 0 Å². The molecule has 0 aromatic carbocycles. The lowest BCUT2D eigenvalue weighted by atomic mass is 9.88. The van der Waals surface area contributed by atoms with Crippen molar-refractivity contribution in [2.45, 2.75) is 38.8 Å². The zero-order valence-corrected chi connectivity index (χ0v) is 8.49. The third-order valence-electron chi connectivity index (χ3n) is 2.99. The number of fused-ring (bicyclic) bond motifs is 1. The van der Waals surface area contributed by atoms with Crippen LogP contribution in [0, 0.1) is 5.92 Å². The molecule has 0 bridgehead atoms. The van der Waals surface area contributed by atoms with Crippen LogP contribution < -0.4 is 0 Å². The summed E-state index contributed by atoms with van der Waals surface area (Å²) in [6.45, 7) is 2.07. The Balaban J connectivity index is 2.26. The van der Waals surface area contributed by atoms with Crippen LogP contribution in [0.3, 0.4) is 0 Å². The molecule has 2 nitrogen and oxygen atoms in total. The first-order chi connectivity index (χ1) is 7.00. The molecule has 1 N–H and O–H groups in total. The number of aromatic nitrogens is 2. The number of nitrogens with one attached hydrogen (secondary N) is 1. The van der Waals surface area contributed by atoms with Crippen molar-refractivity contribution < 1.29 is 13.2 Å². The van der Waals surface area contributed by atoms with E-state index in [-0.39, 0.29) is 0 Å². The Morgan fingerprint density at radius 1 is 1.47 bits per heavy atom. The van der Waals surface area contributed by atoms with Gasteiger partial charge in [-0.2, -0.15) is 13.2 Å². The second kappa shape index (κ2) is 3.54. The van der Waals surface area contributed by atoms with Gasteiger partial charge in [-0.15, -0.1) is 0 Å². The molecule has 1 aliphatic carbocycles. The summed E-state index contributed by atoms with van der Waals surface area (Å²) in [7, 11) is 0. The standard InChI is InChI=1S/C10H13F3N2/c1-2-6-3-4-7-8(5-6)15-9(14-7)10(11,12)13/h6H,2-5H2,1H3,(H,14,15). The zero-order valence-electron chi connectivity index (χ0n) is 8.49. The van der Waals surface area contributed by atoms with Gasteiger partial charge in [-0.25, -0.2) is 4.98 Å². The van der Waals surface area contributed by atoms with Crippen LogP contribution in [0.4, 0.5) is 13.2 Å². The highest BCUT2D eigenvalue weighted by Gasteiger charge is 2.36. The third kappa shape index (κ3) is 2.01. The lowest BCUT2D eigenvalue weighted by Gasteiger charge is -2.18. The Morgan fingerprint density at radius 2 is 2.20 bits per heavy atom. The number of aryl methyl sites for hydroxylation is 1. The highest BCUT2D eigenvalue weighted by molar-refractivity contribution is 5.19. The van der Waals surface area contributed by atoms with E-state index in [0.717, 1.165) is 12.8 Å². The molecule has 84 valence electrons. The maximum absolute atomic E-state index is 12.4. The Labute approximate surface area is 85.9 Å². The summed E-state index contributed by atoms with van der Waals surface area (Å²) in [6, 6.07) is 0. The lowest BCUT2D eigenvalue weighted by Crippen LogP contribution is -2.13. The highest BCUT2D eigenvalue weighted by atomic mass is 19.4. The van der Waals surface area contributed by atoms with Crippen molar-refractivity contribution in [3.05, 3.63) is 17.2 Å². The number of nitrogens with zero attached hydrogens (tertiary/aromatic N) is 1. The SMILES string of the molecule is CCC1CCc2nc(C(F)(F)F)[nH]c2C1. The number of imidazole rings is 1. The summed E-state index contributed by atoms with van der Waals surface area (Å²) in [6.07, 6.45) is -1.01. The summed E-state index contributed by atoms with van der Waals surface area (Å²) in [4.78, 5) is 6.01. The van der Waals surface area contributed by atoms with E-state index in [4.69, 9.17) is 0 Å². The molecule has 1 aromatic rings.